The number of anilines is 1. The van der Waals surface area contributed by atoms with Gasteiger partial charge in [0.25, 0.3) is 5.91 Å². The molecule has 0 bridgehead atoms. The Kier molecular flexibility index (Phi) is 6.18. The van der Waals surface area contributed by atoms with Gasteiger partial charge in [0.15, 0.2) is 0 Å². The van der Waals surface area contributed by atoms with Gasteiger partial charge in [-0.1, -0.05) is 54.1 Å². The van der Waals surface area contributed by atoms with Crippen molar-refractivity contribution in [2.24, 2.45) is 0 Å². The summed E-state index contributed by atoms with van der Waals surface area (Å²) in [5.74, 6) is -0.171. The van der Waals surface area contributed by atoms with Crippen LogP contribution >= 0.6 is 11.6 Å². The van der Waals surface area contributed by atoms with Crippen LogP contribution in [0.3, 0.4) is 0 Å². The zero-order valence-electron chi connectivity index (χ0n) is 17.5. The number of amides is 1. The van der Waals surface area contributed by atoms with Gasteiger partial charge in [-0.3, -0.25) is 14.2 Å². The van der Waals surface area contributed by atoms with Crippen LogP contribution in [0.25, 0.3) is 0 Å². The van der Waals surface area contributed by atoms with E-state index < -0.39 is 0 Å². The molecule has 2 aromatic carbocycles. The molecule has 6 nitrogen and oxygen atoms in total. The fourth-order valence-electron chi connectivity index (χ4n) is 3.45. The van der Waals surface area contributed by atoms with E-state index >= 15 is 0 Å². The van der Waals surface area contributed by atoms with Crippen molar-refractivity contribution in [3.05, 3.63) is 100 Å². The number of nitrogens with one attached hydrogen (secondary N) is 1. The molecule has 31 heavy (non-hydrogen) atoms. The normalized spacial score (nSPS) is 10.9. The lowest BCUT2D eigenvalue weighted by molar-refractivity contribution is 0.102. The van der Waals surface area contributed by atoms with Gasteiger partial charge in [-0.2, -0.15) is 10.2 Å². The summed E-state index contributed by atoms with van der Waals surface area (Å²) in [6.45, 7) is 5.13. The first-order valence-corrected chi connectivity index (χ1v) is 10.5. The van der Waals surface area contributed by atoms with Crippen molar-refractivity contribution >= 4 is 23.2 Å². The standard InChI is InChI=1S/C24H24ClN5O/c1-17-23(25)18(2)30(28-17)15-20-9-6-10-21(13-20)24(31)27-22-14-26-29(16-22)12-11-19-7-4-3-5-8-19/h3-10,13-14,16H,11-12,15H2,1-2H3,(H,27,31). The largest absolute Gasteiger partial charge is 0.319 e. The maximum Gasteiger partial charge on any atom is 0.255 e. The molecule has 4 rings (SSSR count). The van der Waals surface area contributed by atoms with Crippen molar-refractivity contribution in [2.75, 3.05) is 5.32 Å². The number of carbonyl (C=O) groups is 1. The van der Waals surface area contributed by atoms with Crippen LogP contribution < -0.4 is 5.32 Å². The smallest absolute Gasteiger partial charge is 0.255 e. The van der Waals surface area contributed by atoms with E-state index in [0.717, 1.165) is 29.9 Å². The summed E-state index contributed by atoms with van der Waals surface area (Å²) in [7, 11) is 0. The van der Waals surface area contributed by atoms with Crippen LogP contribution in [-0.4, -0.2) is 25.5 Å². The first-order chi connectivity index (χ1) is 15.0. The second-order valence-electron chi connectivity index (χ2n) is 7.52. The van der Waals surface area contributed by atoms with E-state index in [9.17, 15) is 4.79 Å². The first kappa shape index (κ1) is 20.9. The molecule has 0 saturated heterocycles. The zero-order chi connectivity index (χ0) is 21.8. The molecule has 0 aliphatic carbocycles. The molecule has 158 valence electrons. The van der Waals surface area contributed by atoms with E-state index in [0.29, 0.717) is 22.8 Å². The Labute approximate surface area is 186 Å². The molecule has 0 aliphatic heterocycles. The van der Waals surface area contributed by atoms with E-state index in [2.05, 4.69) is 27.6 Å². The number of aryl methyl sites for hydroxylation is 3. The van der Waals surface area contributed by atoms with Crippen molar-refractivity contribution < 1.29 is 4.79 Å². The van der Waals surface area contributed by atoms with Gasteiger partial charge in [0.05, 0.1) is 34.8 Å². The molecule has 0 saturated carbocycles. The highest BCUT2D eigenvalue weighted by molar-refractivity contribution is 6.31. The molecule has 1 amide bonds. The summed E-state index contributed by atoms with van der Waals surface area (Å²) in [5.41, 5.74) is 5.21. The third-order valence-corrected chi connectivity index (χ3v) is 5.73. The minimum absolute atomic E-state index is 0.171. The summed E-state index contributed by atoms with van der Waals surface area (Å²) >= 11 is 6.24. The topological polar surface area (TPSA) is 64.7 Å². The van der Waals surface area contributed by atoms with Gasteiger partial charge in [0.1, 0.15) is 0 Å². The van der Waals surface area contributed by atoms with Gasteiger partial charge in [0, 0.05) is 18.3 Å². The van der Waals surface area contributed by atoms with Crippen LogP contribution in [-0.2, 0) is 19.5 Å². The Balaban J connectivity index is 1.39. The van der Waals surface area contributed by atoms with Crippen LogP contribution in [0.5, 0.6) is 0 Å². The second kappa shape index (κ2) is 9.18. The summed E-state index contributed by atoms with van der Waals surface area (Å²) in [6, 6.07) is 17.8. The Morgan fingerprint density at radius 1 is 1.06 bits per heavy atom. The van der Waals surface area contributed by atoms with Gasteiger partial charge < -0.3 is 5.32 Å². The van der Waals surface area contributed by atoms with E-state index in [1.165, 1.54) is 5.56 Å². The third-order valence-electron chi connectivity index (χ3n) is 5.18. The number of aromatic nitrogens is 4. The van der Waals surface area contributed by atoms with Crippen LogP contribution in [0.1, 0.15) is 32.9 Å². The highest BCUT2D eigenvalue weighted by Crippen LogP contribution is 2.20. The maximum atomic E-state index is 12.7. The molecule has 2 aromatic heterocycles. The first-order valence-electron chi connectivity index (χ1n) is 10.2. The van der Waals surface area contributed by atoms with E-state index in [1.54, 1.807) is 12.3 Å². The third kappa shape index (κ3) is 5.03. The number of nitrogens with zero attached hydrogens (tertiary/aromatic N) is 4. The van der Waals surface area contributed by atoms with Gasteiger partial charge in [-0.25, -0.2) is 0 Å². The fraction of sp³-hybridized carbons (Fsp3) is 0.208. The lowest BCUT2D eigenvalue weighted by Gasteiger charge is -2.07. The highest BCUT2D eigenvalue weighted by Gasteiger charge is 2.12. The molecule has 2 heterocycles. The lowest BCUT2D eigenvalue weighted by Crippen LogP contribution is -2.12. The number of rotatable bonds is 7. The predicted molar refractivity (Wildman–Crippen MR) is 123 cm³/mol. The number of hydrogen-bond acceptors (Lipinski definition) is 3. The average molecular weight is 434 g/mol. The summed E-state index contributed by atoms with van der Waals surface area (Å²) < 4.78 is 3.69. The molecule has 0 radical (unpaired) electrons. The number of halogens is 1. The minimum Gasteiger partial charge on any atom is -0.319 e. The molecule has 4 aromatic rings. The monoisotopic (exact) mass is 433 g/mol. The fourth-order valence-corrected chi connectivity index (χ4v) is 3.59. The quantitative estimate of drug-likeness (QED) is 0.451. The SMILES string of the molecule is Cc1nn(Cc2cccc(C(=O)Nc3cnn(CCc4ccccc4)c3)c2)c(C)c1Cl. The highest BCUT2D eigenvalue weighted by atomic mass is 35.5. The van der Waals surface area contributed by atoms with E-state index in [-0.39, 0.29) is 5.91 Å². The molecular formula is C24H24ClN5O. The van der Waals surface area contributed by atoms with Crippen LogP contribution in [0.4, 0.5) is 5.69 Å². The van der Waals surface area contributed by atoms with Gasteiger partial charge in [-0.15, -0.1) is 0 Å². The molecule has 1 N–H and O–H groups in total. The second-order valence-corrected chi connectivity index (χ2v) is 7.90. The van der Waals surface area contributed by atoms with Crippen molar-refractivity contribution in [1.82, 2.24) is 19.6 Å². The lowest BCUT2D eigenvalue weighted by atomic mass is 10.1. The Morgan fingerprint density at radius 2 is 1.84 bits per heavy atom. The molecule has 0 fully saturated rings. The van der Waals surface area contributed by atoms with Crippen molar-refractivity contribution in [1.29, 1.82) is 0 Å². The van der Waals surface area contributed by atoms with Gasteiger partial charge in [-0.05, 0) is 43.5 Å². The number of carbonyl (C=O) groups excluding carboxylic acids is 1. The zero-order valence-corrected chi connectivity index (χ0v) is 18.3. The molecule has 0 unspecified atom stereocenters. The molecule has 0 atom stereocenters. The summed E-state index contributed by atoms with van der Waals surface area (Å²) in [5, 5.41) is 12.4. The Morgan fingerprint density at radius 3 is 2.58 bits per heavy atom. The Hall–Kier alpha value is -3.38. The minimum atomic E-state index is -0.171. The van der Waals surface area contributed by atoms with Crippen molar-refractivity contribution in [3.63, 3.8) is 0 Å². The van der Waals surface area contributed by atoms with Crippen LogP contribution in [0, 0.1) is 13.8 Å². The Bertz CT molecular complexity index is 1200. The van der Waals surface area contributed by atoms with E-state index in [1.807, 2.05) is 65.8 Å². The van der Waals surface area contributed by atoms with Crippen LogP contribution in [0.2, 0.25) is 5.02 Å². The van der Waals surface area contributed by atoms with Gasteiger partial charge >= 0.3 is 0 Å². The van der Waals surface area contributed by atoms with Gasteiger partial charge in [0.2, 0.25) is 0 Å². The molecule has 7 heteroatoms. The van der Waals surface area contributed by atoms with Crippen molar-refractivity contribution in [3.8, 4) is 0 Å². The maximum absolute atomic E-state index is 12.7. The summed E-state index contributed by atoms with van der Waals surface area (Å²) in [4.78, 5) is 12.7. The molecule has 0 spiro atoms. The predicted octanol–water partition coefficient (Wildman–Crippen LogP) is 4.89. The van der Waals surface area contributed by atoms with Crippen molar-refractivity contribution in [2.45, 2.75) is 33.4 Å². The number of hydrogen-bond donors (Lipinski definition) is 1. The van der Waals surface area contributed by atoms with Crippen LogP contribution in [0.15, 0.2) is 67.0 Å². The average Bonchev–Trinajstić information content (AvgIpc) is 3.33. The number of benzene rings is 2. The molecular weight excluding hydrogens is 410 g/mol. The van der Waals surface area contributed by atoms with E-state index in [4.69, 9.17) is 11.6 Å². The summed E-state index contributed by atoms with van der Waals surface area (Å²) in [6.07, 6.45) is 4.40. The molecule has 0 aliphatic rings.